The fourth-order valence-electron chi connectivity index (χ4n) is 1.36. The standard InChI is InChI=1S/C12H13Cl2NO3/c13-9-2-1-8(10(14)7-9)5-6-15-11(16)3-4-12(17)18/h1-2,7H,3-6H2,(H,15,16)(H,17,18)/p-1. The monoisotopic (exact) mass is 288 g/mol. The maximum atomic E-state index is 11.2. The lowest BCUT2D eigenvalue weighted by Gasteiger charge is -2.07. The molecule has 0 radical (unpaired) electrons. The number of carboxylic acids is 1. The van der Waals surface area contributed by atoms with Gasteiger partial charge < -0.3 is 15.2 Å². The Hall–Kier alpha value is -1.26. The summed E-state index contributed by atoms with van der Waals surface area (Å²) in [5.41, 5.74) is 0.876. The molecule has 1 N–H and O–H groups in total. The fourth-order valence-corrected chi connectivity index (χ4v) is 1.87. The first-order valence-electron chi connectivity index (χ1n) is 5.39. The number of rotatable bonds is 6. The molecule has 0 aromatic heterocycles. The zero-order chi connectivity index (χ0) is 13.5. The van der Waals surface area contributed by atoms with Gasteiger partial charge in [-0.05, 0) is 30.5 Å². The molecule has 1 amide bonds. The molecule has 1 aromatic carbocycles. The third-order valence-corrected chi connectivity index (χ3v) is 2.87. The second-order valence-electron chi connectivity index (χ2n) is 3.71. The predicted octanol–water partition coefficient (Wildman–Crippen LogP) is 1.18. The van der Waals surface area contributed by atoms with Gasteiger partial charge in [-0.2, -0.15) is 0 Å². The van der Waals surface area contributed by atoms with Crippen LogP contribution in [0.4, 0.5) is 0 Å². The first kappa shape index (κ1) is 14.8. The van der Waals surface area contributed by atoms with Gasteiger partial charge in [0, 0.05) is 29.0 Å². The normalized spacial score (nSPS) is 10.1. The van der Waals surface area contributed by atoms with Crippen molar-refractivity contribution < 1.29 is 14.7 Å². The molecule has 0 saturated heterocycles. The van der Waals surface area contributed by atoms with E-state index in [2.05, 4.69) is 5.32 Å². The van der Waals surface area contributed by atoms with E-state index in [1.54, 1.807) is 18.2 Å². The van der Waals surface area contributed by atoms with Crippen LogP contribution < -0.4 is 10.4 Å². The number of hydrogen-bond acceptors (Lipinski definition) is 3. The van der Waals surface area contributed by atoms with Crippen LogP contribution in [0.5, 0.6) is 0 Å². The van der Waals surface area contributed by atoms with E-state index >= 15 is 0 Å². The van der Waals surface area contributed by atoms with Crippen LogP contribution in [-0.2, 0) is 16.0 Å². The highest BCUT2D eigenvalue weighted by Gasteiger charge is 2.03. The lowest BCUT2D eigenvalue weighted by molar-refractivity contribution is -0.305. The van der Waals surface area contributed by atoms with Crippen LogP contribution in [0.25, 0.3) is 0 Å². The minimum Gasteiger partial charge on any atom is -0.550 e. The zero-order valence-corrected chi connectivity index (χ0v) is 11.1. The van der Waals surface area contributed by atoms with Crippen LogP contribution in [0.3, 0.4) is 0 Å². The molecule has 0 fully saturated rings. The second-order valence-corrected chi connectivity index (χ2v) is 4.55. The van der Waals surface area contributed by atoms with Gasteiger partial charge in [-0.25, -0.2) is 0 Å². The molecule has 1 rings (SSSR count). The highest BCUT2D eigenvalue weighted by Crippen LogP contribution is 2.20. The molecule has 18 heavy (non-hydrogen) atoms. The Labute approximate surface area is 115 Å². The molecule has 0 aliphatic heterocycles. The molecule has 0 bridgehead atoms. The van der Waals surface area contributed by atoms with E-state index in [0.717, 1.165) is 5.56 Å². The predicted molar refractivity (Wildman–Crippen MR) is 67.4 cm³/mol. The Kier molecular flexibility index (Phi) is 5.95. The largest absolute Gasteiger partial charge is 0.550 e. The number of amides is 1. The molecule has 6 heteroatoms. The molecule has 0 atom stereocenters. The van der Waals surface area contributed by atoms with Crippen molar-refractivity contribution in [2.24, 2.45) is 0 Å². The van der Waals surface area contributed by atoms with Crippen LogP contribution in [0, 0.1) is 0 Å². The second kappa shape index (κ2) is 7.24. The lowest BCUT2D eigenvalue weighted by Crippen LogP contribution is -2.29. The third kappa shape index (κ3) is 5.38. The summed E-state index contributed by atoms with van der Waals surface area (Å²) in [6.07, 6.45) is 0.220. The topological polar surface area (TPSA) is 69.2 Å². The molecule has 0 aliphatic carbocycles. The molecule has 0 heterocycles. The van der Waals surface area contributed by atoms with Gasteiger partial charge in [-0.15, -0.1) is 0 Å². The number of aliphatic carboxylic acids is 1. The number of carbonyl (C=O) groups is 2. The Morgan fingerprint density at radius 2 is 1.94 bits per heavy atom. The van der Waals surface area contributed by atoms with Crippen LogP contribution in [0.15, 0.2) is 18.2 Å². The maximum absolute atomic E-state index is 11.2. The average Bonchev–Trinajstić information content (AvgIpc) is 2.29. The number of benzene rings is 1. The molecule has 1 aromatic rings. The SMILES string of the molecule is O=C([O-])CCC(=O)NCCc1ccc(Cl)cc1Cl. The van der Waals surface area contributed by atoms with Crippen molar-refractivity contribution in [3.05, 3.63) is 33.8 Å². The summed E-state index contributed by atoms with van der Waals surface area (Å²) in [6.45, 7) is 0.396. The van der Waals surface area contributed by atoms with Gasteiger partial charge in [0.05, 0.1) is 0 Å². The van der Waals surface area contributed by atoms with E-state index in [0.29, 0.717) is 23.0 Å². The average molecular weight is 289 g/mol. The maximum Gasteiger partial charge on any atom is 0.220 e. The van der Waals surface area contributed by atoms with Gasteiger partial charge in [0.15, 0.2) is 0 Å². The van der Waals surface area contributed by atoms with E-state index in [1.807, 2.05) is 0 Å². The van der Waals surface area contributed by atoms with Crippen molar-refractivity contribution in [2.75, 3.05) is 6.54 Å². The van der Waals surface area contributed by atoms with E-state index in [-0.39, 0.29) is 18.7 Å². The molecule has 0 aliphatic rings. The summed E-state index contributed by atoms with van der Waals surface area (Å²) >= 11 is 11.7. The number of hydrogen-bond donors (Lipinski definition) is 1. The smallest absolute Gasteiger partial charge is 0.220 e. The van der Waals surface area contributed by atoms with E-state index in [1.165, 1.54) is 0 Å². The number of halogens is 2. The quantitative estimate of drug-likeness (QED) is 0.855. The fraction of sp³-hybridized carbons (Fsp3) is 0.333. The summed E-state index contributed by atoms with van der Waals surface area (Å²) in [4.78, 5) is 21.4. The number of carboxylic acid groups (broad SMARTS) is 1. The summed E-state index contributed by atoms with van der Waals surface area (Å²) in [5.74, 6) is -1.55. The highest BCUT2D eigenvalue weighted by atomic mass is 35.5. The van der Waals surface area contributed by atoms with Crippen molar-refractivity contribution >= 4 is 35.1 Å². The molecule has 98 valence electrons. The summed E-state index contributed by atoms with van der Waals surface area (Å²) in [6, 6.07) is 5.15. The van der Waals surface area contributed by atoms with Crippen LogP contribution >= 0.6 is 23.2 Å². The van der Waals surface area contributed by atoms with E-state index in [9.17, 15) is 14.7 Å². The summed E-state index contributed by atoms with van der Waals surface area (Å²) < 4.78 is 0. The first-order valence-corrected chi connectivity index (χ1v) is 6.15. The third-order valence-electron chi connectivity index (χ3n) is 2.29. The van der Waals surface area contributed by atoms with Crippen molar-refractivity contribution in [1.82, 2.24) is 5.32 Å². The van der Waals surface area contributed by atoms with Gasteiger partial charge in [0.1, 0.15) is 0 Å². The minimum atomic E-state index is -1.23. The highest BCUT2D eigenvalue weighted by molar-refractivity contribution is 6.35. The summed E-state index contributed by atoms with van der Waals surface area (Å²) in [7, 11) is 0. The molecule has 0 spiro atoms. The molecule has 0 saturated carbocycles. The van der Waals surface area contributed by atoms with Crippen LogP contribution in [0.2, 0.25) is 10.0 Å². The number of carbonyl (C=O) groups excluding carboxylic acids is 2. The number of nitrogens with one attached hydrogen (secondary N) is 1. The van der Waals surface area contributed by atoms with Crippen molar-refractivity contribution in [3.63, 3.8) is 0 Å². The van der Waals surface area contributed by atoms with E-state index in [4.69, 9.17) is 23.2 Å². The molecular weight excluding hydrogens is 277 g/mol. The molecular formula is C12H12Cl2NO3-. The minimum absolute atomic E-state index is 0.0727. The van der Waals surface area contributed by atoms with Crippen molar-refractivity contribution in [2.45, 2.75) is 19.3 Å². The first-order chi connectivity index (χ1) is 8.49. The Bertz CT molecular complexity index is 449. The van der Waals surface area contributed by atoms with Crippen molar-refractivity contribution in [3.8, 4) is 0 Å². The van der Waals surface area contributed by atoms with Gasteiger partial charge in [-0.1, -0.05) is 29.3 Å². The summed E-state index contributed by atoms with van der Waals surface area (Å²) in [5, 5.41) is 13.9. The Morgan fingerprint density at radius 1 is 1.22 bits per heavy atom. The Balaban J connectivity index is 2.33. The van der Waals surface area contributed by atoms with Gasteiger partial charge in [0.25, 0.3) is 0 Å². The Morgan fingerprint density at radius 3 is 2.56 bits per heavy atom. The van der Waals surface area contributed by atoms with Gasteiger partial charge >= 0.3 is 0 Å². The van der Waals surface area contributed by atoms with Crippen LogP contribution in [0.1, 0.15) is 18.4 Å². The lowest BCUT2D eigenvalue weighted by atomic mass is 10.1. The van der Waals surface area contributed by atoms with Gasteiger partial charge in [-0.3, -0.25) is 4.79 Å². The van der Waals surface area contributed by atoms with Crippen LogP contribution in [-0.4, -0.2) is 18.4 Å². The van der Waals surface area contributed by atoms with E-state index < -0.39 is 5.97 Å². The molecule has 0 unspecified atom stereocenters. The van der Waals surface area contributed by atoms with Gasteiger partial charge in [0.2, 0.25) is 5.91 Å². The van der Waals surface area contributed by atoms with Crippen molar-refractivity contribution in [1.29, 1.82) is 0 Å². The molecule has 4 nitrogen and oxygen atoms in total. The zero-order valence-electron chi connectivity index (χ0n) is 9.54.